The Morgan fingerprint density at radius 3 is 2.48 bits per heavy atom. The van der Waals surface area contributed by atoms with Crippen molar-refractivity contribution in [2.45, 2.75) is 32.8 Å². The molecule has 3 heteroatoms. The number of hydrogen-bond acceptors (Lipinski definition) is 2. The predicted molar refractivity (Wildman–Crippen MR) is 86.3 cm³/mol. The summed E-state index contributed by atoms with van der Waals surface area (Å²) in [5.41, 5.74) is 1.70. The molecule has 0 aliphatic rings. The molecule has 2 aromatic rings. The maximum atomic E-state index is 12.5. The van der Waals surface area contributed by atoms with Crippen molar-refractivity contribution in [1.82, 2.24) is 0 Å². The average Bonchev–Trinajstić information content (AvgIpc) is 2.54. The highest BCUT2D eigenvalue weighted by Crippen LogP contribution is 2.24. The van der Waals surface area contributed by atoms with E-state index < -0.39 is 6.10 Å². The van der Waals surface area contributed by atoms with E-state index in [0.717, 1.165) is 17.0 Å². The number of benzene rings is 2. The van der Waals surface area contributed by atoms with Crippen LogP contribution in [0, 0.1) is 0 Å². The zero-order valence-electron chi connectivity index (χ0n) is 12.3. The van der Waals surface area contributed by atoms with Gasteiger partial charge in [0.25, 0.3) is 0 Å². The van der Waals surface area contributed by atoms with Crippen molar-refractivity contribution in [3.8, 4) is 5.75 Å². The lowest BCUT2D eigenvalue weighted by atomic mass is 10.0. The van der Waals surface area contributed by atoms with Crippen LogP contribution in [0.2, 0.25) is 5.02 Å². The normalized spacial score (nSPS) is 12.0. The Morgan fingerprint density at radius 1 is 1.14 bits per heavy atom. The first-order valence-electron chi connectivity index (χ1n) is 7.20. The fraction of sp³-hybridized carbons (Fsp3) is 0.278. The first-order valence-corrected chi connectivity index (χ1v) is 7.57. The lowest BCUT2D eigenvalue weighted by molar-refractivity contribution is 0.0786. The minimum atomic E-state index is -0.474. The second-order valence-corrected chi connectivity index (χ2v) is 5.26. The molecular formula is C18H19ClO2. The van der Waals surface area contributed by atoms with E-state index in [1.807, 2.05) is 62.4 Å². The minimum absolute atomic E-state index is 0.00565. The van der Waals surface area contributed by atoms with E-state index in [1.165, 1.54) is 0 Å². The molecule has 2 aromatic carbocycles. The summed E-state index contributed by atoms with van der Waals surface area (Å²) in [5, 5.41) is 0.729. The van der Waals surface area contributed by atoms with Crippen LogP contribution in [0.25, 0.3) is 0 Å². The number of ketones is 1. The molecule has 0 aliphatic heterocycles. The van der Waals surface area contributed by atoms with Crippen molar-refractivity contribution >= 4 is 17.4 Å². The van der Waals surface area contributed by atoms with Gasteiger partial charge in [-0.1, -0.05) is 55.8 Å². The molecule has 0 heterocycles. The summed E-state index contributed by atoms with van der Waals surface area (Å²) in [6, 6.07) is 14.8. The van der Waals surface area contributed by atoms with Crippen LogP contribution in [0.1, 0.15) is 36.2 Å². The summed E-state index contributed by atoms with van der Waals surface area (Å²) in [6.45, 7) is 3.99. The molecule has 0 saturated heterocycles. The highest BCUT2D eigenvalue weighted by molar-refractivity contribution is 6.31. The van der Waals surface area contributed by atoms with Crippen LogP contribution in [-0.4, -0.2) is 11.9 Å². The van der Waals surface area contributed by atoms with E-state index in [4.69, 9.17) is 16.3 Å². The van der Waals surface area contributed by atoms with Crippen LogP contribution < -0.4 is 4.74 Å². The number of ether oxygens (including phenoxy) is 1. The fourth-order valence-electron chi connectivity index (χ4n) is 2.17. The number of rotatable bonds is 6. The minimum Gasteiger partial charge on any atom is -0.482 e. The molecule has 1 unspecified atom stereocenters. The summed E-state index contributed by atoms with van der Waals surface area (Å²) in [4.78, 5) is 12.5. The molecule has 2 nitrogen and oxygen atoms in total. The zero-order chi connectivity index (χ0) is 15.2. The summed E-state index contributed by atoms with van der Waals surface area (Å²) >= 11 is 6.10. The smallest absolute Gasteiger partial charge is 0.203 e. The number of hydrogen-bond donors (Lipinski definition) is 0. The SMILES string of the molecule is CCc1cc(OC(CC)C(=O)c2ccccc2)ccc1Cl. The largest absolute Gasteiger partial charge is 0.482 e. The third-order valence-corrected chi connectivity index (χ3v) is 3.77. The number of carbonyl (C=O) groups is 1. The summed E-state index contributed by atoms with van der Waals surface area (Å²) in [6.07, 6.45) is 0.982. The lowest BCUT2D eigenvalue weighted by Gasteiger charge is -2.17. The maximum absolute atomic E-state index is 12.5. The summed E-state index contributed by atoms with van der Waals surface area (Å²) in [7, 11) is 0. The van der Waals surface area contributed by atoms with Crippen LogP contribution in [0.4, 0.5) is 0 Å². The number of halogens is 1. The number of carbonyl (C=O) groups excluding carboxylic acids is 1. The van der Waals surface area contributed by atoms with E-state index in [0.29, 0.717) is 17.7 Å². The summed E-state index contributed by atoms with van der Waals surface area (Å²) < 4.78 is 5.87. The number of aryl methyl sites for hydroxylation is 1. The van der Waals surface area contributed by atoms with Gasteiger partial charge >= 0.3 is 0 Å². The lowest BCUT2D eigenvalue weighted by Crippen LogP contribution is -2.26. The molecule has 0 bridgehead atoms. The average molecular weight is 303 g/mol. The maximum Gasteiger partial charge on any atom is 0.203 e. The second-order valence-electron chi connectivity index (χ2n) is 4.85. The van der Waals surface area contributed by atoms with Gasteiger partial charge in [0.15, 0.2) is 6.10 Å². The molecule has 21 heavy (non-hydrogen) atoms. The first kappa shape index (κ1) is 15.6. The monoisotopic (exact) mass is 302 g/mol. The molecule has 0 fully saturated rings. The van der Waals surface area contributed by atoms with Gasteiger partial charge in [-0.15, -0.1) is 0 Å². The van der Waals surface area contributed by atoms with Gasteiger partial charge in [-0.3, -0.25) is 4.79 Å². The van der Waals surface area contributed by atoms with Gasteiger partial charge in [0.1, 0.15) is 5.75 Å². The Kier molecular flexibility index (Phi) is 5.40. The van der Waals surface area contributed by atoms with Gasteiger partial charge in [0.2, 0.25) is 5.78 Å². The molecule has 0 spiro atoms. The van der Waals surface area contributed by atoms with Gasteiger partial charge in [-0.25, -0.2) is 0 Å². The second kappa shape index (κ2) is 7.28. The third kappa shape index (κ3) is 3.85. The van der Waals surface area contributed by atoms with E-state index in [9.17, 15) is 4.79 Å². The number of Topliss-reactive ketones (excluding diaryl/α,β-unsaturated/α-hetero) is 1. The van der Waals surface area contributed by atoms with E-state index >= 15 is 0 Å². The molecule has 0 N–H and O–H groups in total. The molecule has 0 amide bonds. The Balaban J connectivity index is 2.18. The Morgan fingerprint density at radius 2 is 1.86 bits per heavy atom. The van der Waals surface area contributed by atoms with E-state index in [-0.39, 0.29) is 5.78 Å². The van der Waals surface area contributed by atoms with Crippen molar-refractivity contribution in [1.29, 1.82) is 0 Å². The predicted octanol–water partition coefficient (Wildman–Crippen LogP) is 4.94. The molecule has 0 saturated carbocycles. The molecular weight excluding hydrogens is 284 g/mol. The van der Waals surface area contributed by atoms with E-state index in [2.05, 4.69) is 0 Å². The highest BCUT2D eigenvalue weighted by Gasteiger charge is 2.20. The van der Waals surface area contributed by atoms with Crippen LogP contribution in [0.3, 0.4) is 0 Å². The molecule has 110 valence electrons. The van der Waals surface area contributed by atoms with E-state index in [1.54, 1.807) is 0 Å². The van der Waals surface area contributed by atoms with Crippen molar-refractivity contribution in [3.63, 3.8) is 0 Å². The van der Waals surface area contributed by atoms with Crippen molar-refractivity contribution in [3.05, 3.63) is 64.7 Å². The van der Waals surface area contributed by atoms with Gasteiger partial charge in [0, 0.05) is 10.6 Å². The van der Waals surface area contributed by atoms with Crippen molar-refractivity contribution in [2.75, 3.05) is 0 Å². The topological polar surface area (TPSA) is 26.3 Å². The Bertz CT molecular complexity index is 608. The van der Waals surface area contributed by atoms with Crippen molar-refractivity contribution < 1.29 is 9.53 Å². The van der Waals surface area contributed by atoms with Crippen LogP contribution in [0.5, 0.6) is 5.75 Å². The zero-order valence-corrected chi connectivity index (χ0v) is 13.1. The molecule has 0 aromatic heterocycles. The first-order chi connectivity index (χ1) is 10.2. The quantitative estimate of drug-likeness (QED) is 0.706. The highest BCUT2D eigenvalue weighted by atomic mass is 35.5. The van der Waals surface area contributed by atoms with Gasteiger partial charge in [-0.2, -0.15) is 0 Å². The van der Waals surface area contributed by atoms with Crippen LogP contribution >= 0.6 is 11.6 Å². The fourth-order valence-corrected chi connectivity index (χ4v) is 2.42. The third-order valence-electron chi connectivity index (χ3n) is 3.40. The molecule has 2 rings (SSSR count). The van der Waals surface area contributed by atoms with Crippen molar-refractivity contribution in [2.24, 2.45) is 0 Å². The van der Waals surface area contributed by atoms with Crippen LogP contribution in [-0.2, 0) is 6.42 Å². The molecule has 0 radical (unpaired) electrons. The van der Waals surface area contributed by atoms with Crippen LogP contribution in [0.15, 0.2) is 48.5 Å². The van der Waals surface area contributed by atoms with Gasteiger partial charge in [0.05, 0.1) is 0 Å². The Labute approximate surface area is 130 Å². The van der Waals surface area contributed by atoms with Gasteiger partial charge in [-0.05, 0) is 36.6 Å². The summed E-state index contributed by atoms with van der Waals surface area (Å²) in [5.74, 6) is 0.693. The Hall–Kier alpha value is -1.80. The standard InChI is InChI=1S/C18H19ClO2/c1-3-13-12-15(10-11-16(13)19)21-17(4-2)18(20)14-8-6-5-7-9-14/h5-12,17H,3-4H2,1-2H3. The van der Waals surface area contributed by atoms with Gasteiger partial charge < -0.3 is 4.74 Å². The molecule has 0 aliphatic carbocycles. The molecule has 1 atom stereocenters.